The molecule has 1 amide bonds. The third-order valence-corrected chi connectivity index (χ3v) is 4.10. The van der Waals surface area contributed by atoms with Gasteiger partial charge in [-0.2, -0.15) is 11.8 Å². The van der Waals surface area contributed by atoms with E-state index in [4.69, 9.17) is 5.73 Å². The number of aliphatic hydroxyl groups excluding tert-OH is 1. The summed E-state index contributed by atoms with van der Waals surface area (Å²) in [5.74, 6) is 0.312. The Labute approximate surface area is 130 Å². The van der Waals surface area contributed by atoms with Crippen LogP contribution in [0, 0.1) is 6.92 Å². The van der Waals surface area contributed by atoms with E-state index >= 15 is 0 Å². The molecule has 0 spiro atoms. The second-order valence-electron chi connectivity index (χ2n) is 5.30. The zero-order valence-electron chi connectivity index (χ0n) is 12.8. The molecule has 0 aliphatic carbocycles. The van der Waals surface area contributed by atoms with Crippen LogP contribution in [-0.4, -0.2) is 34.2 Å². The predicted octanol–water partition coefficient (Wildman–Crippen LogP) is 1.66. The summed E-state index contributed by atoms with van der Waals surface area (Å²) in [5.41, 5.74) is 13.0. The fourth-order valence-electron chi connectivity index (χ4n) is 1.64. The van der Waals surface area contributed by atoms with Crippen LogP contribution in [-0.2, 0) is 4.79 Å². The third kappa shape index (κ3) is 6.84. The summed E-state index contributed by atoms with van der Waals surface area (Å²) >= 11 is 1.76. The average molecular weight is 311 g/mol. The summed E-state index contributed by atoms with van der Waals surface area (Å²) in [6.07, 6.45) is -0.613. The van der Waals surface area contributed by atoms with Gasteiger partial charge in [0.15, 0.2) is 0 Å². The van der Waals surface area contributed by atoms with Crippen LogP contribution in [0.25, 0.3) is 0 Å². The number of nitrogens with one attached hydrogen (secondary N) is 2. The monoisotopic (exact) mass is 311 g/mol. The second-order valence-corrected chi connectivity index (χ2v) is 6.98. The van der Waals surface area contributed by atoms with E-state index in [0.717, 1.165) is 17.0 Å². The second kappa shape index (κ2) is 8.92. The largest absolute Gasteiger partial charge is 0.382 e. The molecular formula is C15H25N3O2S. The van der Waals surface area contributed by atoms with Crippen LogP contribution in [0.15, 0.2) is 24.3 Å². The molecule has 6 heteroatoms. The zero-order valence-corrected chi connectivity index (χ0v) is 13.6. The molecule has 0 fully saturated rings. The van der Waals surface area contributed by atoms with Gasteiger partial charge in [-0.3, -0.25) is 15.6 Å². The first-order chi connectivity index (χ1) is 9.90. The molecule has 1 aromatic carbocycles. The molecular weight excluding hydrogens is 286 g/mol. The maximum atomic E-state index is 11.8. The SMILES string of the molecule is Cc1ccc(NNC(=O)C(O)[C@H](N)CCSC(C)C)cc1. The van der Waals surface area contributed by atoms with Crippen molar-refractivity contribution in [2.24, 2.45) is 5.73 Å². The van der Waals surface area contributed by atoms with Gasteiger partial charge in [0.05, 0.1) is 5.69 Å². The first-order valence-corrected chi connectivity index (χ1v) is 8.13. The number of hydrogen-bond acceptors (Lipinski definition) is 5. The number of rotatable bonds is 8. The molecule has 0 saturated heterocycles. The number of aryl methyl sites for hydroxylation is 1. The summed E-state index contributed by atoms with van der Waals surface area (Å²) in [5, 5.41) is 10.4. The first kappa shape index (κ1) is 17.8. The first-order valence-electron chi connectivity index (χ1n) is 7.08. The fraction of sp³-hybridized carbons (Fsp3) is 0.533. The molecule has 1 aromatic rings. The maximum absolute atomic E-state index is 11.8. The van der Waals surface area contributed by atoms with Crippen LogP contribution in [0.1, 0.15) is 25.8 Å². The predicted molar refractivity (Wildman–Crippen MR) is 89.1 cm³/mol. The van der Waals surface area contributed by atoms with Crippen LogP contribution in [0.3, 0.4) is 0 Å². The fourth-order valence-corrected chi connectivity index (χ4v) is 2.52. The van der Waals surface area contributed by atoms with Gasteiger partial charge >= 0.3 is 0 Å². The Kier molecular flexibility index (Phi) is 7.56. The standard InChI is InChI=1S/C15H25N3O2S/c1-10(2)21-9-8-13(16)14(19)15(20)18-17-12-6-4-11(3)5-7-12/h4-7,10,13-14,17,19H,8-9,16H2,1-3H3,(H,18,20)/t13-,14?/m1/s1. The summed E-state index contributed by atoms with van der Waals surface area (Å²) in [6.45, 7) is 6.19. The van der Waals surface area contributed by atoms with Crippen molar-refractivity contribution in [1.29, 1.82) is 0 Å². The lowest BCUT2D eigenvalue weighted by Gasteiger charge is -2.19. The van der Waals surface area contributed by atoms with Crippen LogP contribution in [0.2, 0.25) is 0 Å². The van der Waals surface area contributed by atoms with Gasteiger partial charge in [0.2, 0.25) is 0 Å². The molecule has 0 radical (unpaired) electrons. The van der Waals surface area contributed by atoms with E-state index in [2.05, 4.69) is 24.7 Å². The minimum Gasteiger partial charge on any atom is -0.382 e. The molecule has 0 aliphatic heterocycles. The number of benzene rings is 1. The van der Waals surface area contributed by atoms with Gasteiger partial charge in [-0.1, -0.05) is 31.5 Å². The van der Waals surface area contributed by atoms with Crippen LogP contribution in [0.4, 0.5) is 5.69 Å². The molecule has 0 bridgehead atoms. The Morgan fingerprint density at radius 2 is 1.95 bits per heavy atom. The molecule has 5 nitrogen and oxygen atoms in total. The molecule has 0 aromatic heterocycles. The van der Waals surface area contributed by atoms with Crippen molar-refractivity contribution < 1.29 is 9.90 Å². The lowest BCUT2D eigenvalue weighted by atomic mass is 10.1. The van der Waals surface area contributed by atoms with E-state index in [-0.39, 0.29) is 0 Å². The highest BCUT2D eigenvalue weighted by Gasteiger charge is 2.22. The van der Waals surface area contributed by atoms with Crippen molar-refractivity contribution in [1.82, 2.24) is 5.43 Å². The highest BCUT2D eigenvalue weighted by molar-refractivity contribution is 7.99. The van der Waals surface area contributed by atoms with E-state index in [9.17, 15) is 9.90 Å². The lowest BCUT2D eigenvalue weighted by Crippen LogP contribution is -2.48. The normalized spacial score (nSPS) is 13.8. The van der Waals surface area contributed by atoms with Crippen LogP contribution >= 0.6 is 11.8 Å². The number of aliphatic hydroxyl groups is 1. The minimum atomic E-state index is -1.21. The Hall–Kier alpha value is -1.24. The van der Waals surface area contributed by atoms with Crippen molar-refractivity contribution >= 4 is 23.4 Å². The van der Waals surface area contributed by atoms with Gasteiger partial charge in [0.1, 0.15) is 6.10 Å². The number of amides is 1. The number of carbonyl (C=O) groups is 1. The van der Waals surface area contributed by atoms with Gasteiger partial charge in [-0.05, 0) is 36.5 Å². The van der Waals surface area contributed by atoms with Crippen molar-refractivity contribution in [2.45, 2.75) is 44.6 Å². The van der Waals surface area contributed by atoms with Gasteiger partial charge in [-0.15, -0.1) is 0 Å². The zero-order chi connectivity index (χ0) is 15.8. The highest BCUT2D eigenvalue weighted by atomic mass is 32.2. The number of hydrazine groups is 1. The van der Waals surface area contributed by atoms with Gasteiger partial charge < -0.3 is 10.8 Å². The lowest BCUT2D eigenvalue weighted by molar-refractivity contribution is -0.129. The summed E-state index contributed by atoms with van der Waals surface area (Å²) in [6, 6.07) is 7.00. The minimum absolute atomic E-state index is 0.516. The molecule has 5 N–H and O–H groups in total. The molecule has 1 unspecified atom stereocenters. The van der Waals surface area contributed by atoms with E-state index in [0.29, 0.717) is 11.7 Å². The van der Waals surface area contributed by atoms with Crippen LogP contribution < -0.4 is 16.6 Å². The Morgan fingerprint density at radius 3 is 2.52 bits per heavy atom. The molecule has 1 rings (SSSR count). The molecule has 118 valence electrons. The summed E-state index contributed by atoms with van der Waals surface area (Å²) in [4.78, 5) is 11.8. The Balaban J connectivity index is 2.34. The highest BCUT2D eigenvalue weighted by Crippen LogP contribution is 2.12. The average Bonchev–Trinajstić information content (AvgIpc) is 2.45. The Morgan fingerprint density at radius 1 is 1.33 bits per heavy atom. The molecule has 0 heterocycles. The van der Waals surface area contributed by atoms with E-state index in [1.807, 2.05) is 31.2 Å². The van der Waals surface area contributed by atoms with E-state index in [1.54, 1.807) is 11.8 Å². The van der Waals surface area contributed by atoms with Crippen molar-refractivity contribution in [3.63, 3.8) is 0 Å². The number of hydrogen-bond donors (Lipinski definition) is 4. The maximum Gasteiger partial charge on any atom is 0.268 e. The number of carbonyl (C=O) groups excluding carboxylic acids is 1. The Bertz CT molecular complexity index is 437. The topological polar surface area (TPSA) is 87.4 Å². The smallest absolute Gasteiger partial charge is 0.268 e. The molecule has 0 aliphatic rings. The third-order valence-electron chi connectivity index (χ3n) is 2.96. The number of anilines is 1. The van der Waals surface area contributed by atoms with Crippen molar-refractivity contribution in [2.75, 3.05) is 11.2 Å². The van der Waals surface area contributed by atoms with Gasteiger partial charge in [-0.25, -0.2) is 0 Å². The number of thioether (sulfide) groups is 1. The van der Waals surface area contributed by atoms with Crippen LogP contribution in [0.5, 0.6) is 0 Å². The number of nitrogens with two attached hydrogens (primary N) is 1. The van der Waals surface area contributed by atoms with Gasteiger partial charge in [0, 0.05) is 6.04 Å². The van der Waals surface area contributed by atoms with E-state index in [1.165, 1.54) is 0 Å². The quantitative estimate of drug-likeness (QED) is 0.549. The van der Waals surface area contributed by atoms with Crippen molar-refractivity contribution in [3.8, 4) is 0 Å². The summed E-state index contributed by atoms with van der Waals surface area (Å²) in [7, 11) is 0. The molecule has 2 atom stereocenters. The van der Waals surface area contributed by atoms with Crippen molar-refractivity contribution in [3.05, 3.63) is 29.8 Å². The molecule has 21 heavy (non-hydrogen) atoms. The molecule has 0 saturated carbocycles. The van der Waals surface area contributed by atoms with E-state index < -0.39 is 18.1 Å². The van der Waals surface area contributed by atoms with Gasteiger partial charge in [0.25, 0.3) is 5.91 Å². The summed E-state index contributed by atoms with van der Waals surface area (Å²) < 4.78 is 0.